The van der Waals surface area contributed by atoms with E-state index in [1.54, 1.807) is 0 Å². The first-order valence-electron chi connectivity index (χ1n) is 6.00. The fraction of sp³-hybridized carbons (Fsp3) is 0.143. The summed E-state index contributed by atoms with van der Waals surface area (Å²) in [6, 6.07) is 10.0. The number of nitrogens with zero attached hydrogens (tertiary/aromatic N) is 1. The number of nitrogens with one attached hydrogen (secondary N) is 1. The highest BCUT2D eigenvalue weighted by atomic mass is 35.5. The van der Waals surface area contributed by atoms with Crippen molar-refractivity contribution in [2.75, 3.05) is 11.9 Å². The molecule has 1 aromatic heterocycles. The average Bonchev–Trinajstić information content (AvgIpc) is 2.40. The van der Waals surface area contributed by atoms with Crippen LogP contribution in [-0.2, 0) is 0 Å². The van der Waals surface area contributed by atoms with E-state index in [4.69, 9.17) is 21.4 Å². The Bertz CT molecular complexity index is 632. The Labute approximate surface area is 121 Å². The number of aromatic carboxylic acids is 1. The maximum absolute atomic E-state index is 11.0. The summed E-state index contributed by atoms with van der Waals surface area (Å²) in [5.41, 5.74) is 0.766. The van der Waals surface area contributed by atoms with Gasteiger partial charge in [-0.1, -0.05) is 23.7 Å². The molecule has 0 amide bonds. The molecule has 0 fully saturated rings. The number of para-hydroxylation sites is 2. The molecule has 0 spiro atoms. The highest BCUT2D eigenvalue weighted by Crippen LogP contribution is 2.27. The number of benzene rings is 1. The van der Waals surface area contributed by atoms with Crippen LogP contribution in [0.25, 0.3) is 0 Å². The predicted octanol–water partition coefficient (Wildman–Crippen LogP) is 3.58. The fourth-order valence-electron chi connectivity index (χ4n) is 1.67. The molecule has 0 aliphatic carbocycles. The minimum absolute atomic E-state index is 0.0707. The van der Waals surface area contributed by atoms with Gasteiger partial charge in [-0.3, -0.25) is 0 Å². The molecule has 6 heteroatoms. The molecule has 2 N–H and O–H groups in total. The number of carboxylic acids is 1. The topological polar surface area (TPSA) is 71.5 Å². The molecule has 0 unspecified atom stereocenters. The van der Waals surface area contributed by atoms with E-state index in [1.165, 1.54) is 12.1 Å². The van der Waals surface area contributed by atoms with Crippen LogP contribution in [0.2, 0.25) is 5.15 Å². The molecule has 0 saturated carbocycles. The van der Waals surface area contributed by atoms with E-state index in [9.17, 15) is 4.79 Å². The van der Waals surface area contributed by atoms with Crippen LogP contribution in [0.3, 0.4) is 0 Å². The Kier molecular flexibility index (Phi) is 4.42. The predicted molar refractivity (Wildman–Crippen MR) is 77.1 cm³/mol. The molecule has 0 atom stereocenters. The summed E-state index contributed by atoms with van der Waals surface area (Å²) in [5.74, 6) is -0.0499. The standard InChI is InChI=1S/C14H13ClN2O3/c1-2-20-11-6-4-3-5-10(11)16-13-8-9(14(18)19)7-12(15)17-13/h3-8H,2H2,1H3,(H,16,17)(H,18,19). The number of halogens is 1. The van der Waals surface area contributed by atoms with Gasteiger partial charge in [0.1, 0.15) is 16.7 Å². The first-order chi connectivity index (χ1) is 9.60. The third kappa shape index (κ3) is 3.39. The molecule has 0 bridgehead atoms. The molecule has 0 aliphatic rings. The van der Waals surface area contributed by atoms with Crippen LogP contribution in [0.15, 0.2) is 36.4 Å². The molecule has 0 saturated heterocycles. The number of hydrogen-bond acceptors (Lipinski definition) is 4. The van der Waals surface area contributed by atoms with Crippen molar-refractivity contribution >= 4 is 29.1 Å². The average molecular weight is 293 g/mol. The Hall–Kier alpha value is -2.27. The number of carbonyl (C=O) groups is 1. The lowest BCUT2D eigenvalue weighted by Crippen LogP contribution is -2.02. The summed E-state index contributed by atoms with van der Waals surface area (Å²) in [5, 5.41) is 12.1. The van der Waals surface area contributed by atoms with Crippen LogP contribution in [0.4, 0.5) is 11.5 Å². The Morgan fingerprint density at radius 1 is 1.40 bits per heavy atom. The number of rotatable bonds is 5. The van der Waals surface area contributed by atoms with Crippen molar-refractivity contribution in [2.24, 2.45) is 0 Å². The molecule has 2 rings (SSSR count). The minimum Gasteiger partial charge on any atom is -0.492 e. The molecular formula is C14H13ClN2O3. The van der Waals surface area contributed by atoms with Gasteiger partial charge in [-0.15, -0.1) is 0 Å². The maximum atomic E-state index is 11.0. The van der Waals surface area contributed by atoms with Gasteiger partial charge >= 0.3 is 5.97 Å². The van der Waals surface area contributed by atoms with Gasteiger partial charge in [0.05, 0.1) is 17.9 Å². The van der Waals surface area contributed by atoms with E-state index < -0.39 is 5.97 Å². The first kappa shape index (κ1) is 14.1. The fourth-order valence-corrected chi connectivity index (χ4v) is 1.88. The Morgan fingerprint density at radius 2 is 2.15 bits per heavy atom. The van der Waals surface area contributed by atoms with Gasteiger partial charge in [-0.25, -0.2) is 9.78 Å². The van der Waals surface area contributed by atoms with E-state index in [1.807, 2.05) is 31.2 Å². The minimum atomic E-state index is -1.06. The van der Waals surface area contributed by atoms with Crippen LogP contribution >= 0.6 is 11.6 Å². The van der Waals surface area contributed by atoms with Crippen molar-refractivity contribution < 1.29 is 14.6 Å². The van der Waals surface area contributed by atoms with Gasteiger partial charge in [0.15, 0.2) is 0 Å². The van der Waals surface area contributed by atoms with E-state index >= 15 is 0 Å². The molecule has 1 aromatic carbocycles. The number of anilines is 2. The van der Waals surface area contributed by atoms with Gasteiger partial charge in [0, 0.05) is 0 Å². The number of pyridine rings is 1. The lowest BCUT2D eigenvalue weighted by molar-refractivity contribution is 0.0697. The van der Waals surface area contributed by atoms with Crippen LogP contribution in [0.5, 0.6) is 5.75 Å². The second kappa shape index (κ2) is 6.25. The van der Waals surface area contributed by atoms with E-state index in [-0.39, 0.29) is 10.7 Å². The molecule has 0 radical (unpaired) electrons. The van der Waals surface area contributed by atoms with Gasteiger partial charge in [0.25, 0.3) is 0 Å². The van der Waals surface area contributed by atoms with E-state index in [2.05, 4.69) is 10.3 Å². The van der Waals surface area contributed by atoms with Crippen LogP contribution < -0.4 is 10.1 Å². The van der Waals surface area contributed by atoms with Gasteiger partial charge in [-0.2, -0.15) is 0 Å². The zero-order valence-electron chi connectivity index (χ0n) is 10.8. The van der Waals surface area contributed by atoms with E-state index in [0.717, 1.165) is 0 Å². The summed E-state index contributed by atoms with van der Waals surface area (Å²) in [7, 11) is 0. The molecule has 0 aliphatic heterocycles. The van der Waals surface area contributed by atoms with Crippen molar-refractivity contribution in [3.8, 4) is 5.75 Å². The zero-order chi connectivity index (χ0) is 14.5. The second-order valence-corrected chi connectivity index (χ2v) is 4.31. The number of carboxylic acid groups (broad SMARTS) is 1. The monoisotopic (exact) mass is 292 g/mol. The molecule has 104 valence electrons. The summed E-state index contributed by atoms with van der Waals surface area (Å²) >= 11 is 5.82. The molecule has 5 nitrogen and oxygen atoms in total. The third-order valence-electron chi connectivity index (χ3n) is 2.49. The Balaban J connectivity index is 2.32. The van der Waals surface area contributed by atoms with Crippen LogP contribution in [0, 0.1) is 0 Å². The van der Waals surface area contributed by atoms with Crippen LogP contribution in [-0.4, -0.2) is 22.7 Å². The summed E-state index contributed by atoms with van der Waals surface area (Å²) in [6.45, 7) is 2.42. The summed E-state index contributed by atoms with van der Waals surface area (Å²) in [6.07, 6.45) is 0. The van der Waals surface area contributed by atoms with E-state index in [0.29, 0.717) is 23.9 Å². The van der Waals surface area contributed by atoms with Crippen molar-refractivity contribution in [2.45, 2.75) is 6.92 Å². The second-order valence-electron chi connectivity index (χ2n) is 3.92. The highest BCUT2D eigenvalue weighted by Gasteiger charge is 2.09. The normalized spacial score (nSPS) is 10.1. The van der Waals surface area contributed by atoms with Crippen molar-refractivity contribution in [1.29, 1.82) is 0 Å². The first-order valence-corrected chi connectivity index (χ1v) is 6.37. The molecular weight excluding hydrogens is 280 g/mol. The van der Waals surface area contributed by atoms with Crippen molar-refractivity contribution in [1.82, 2.24) is 4.98 Å². The largest absolute Gasteiger partial charge is 0.492 e. The maximum Gasteiger partial charge on any atom is 0.335 e. The third-order valence-corrected chi connectivity index (χ3v) is 2.68. The van der Waals surface area contributed by atoms with Gasteiger partial charge in [0.2, 0.25) is 0 Å². The van der Waals surface area contributed by atoms with Crippen molar-refractivity contribution in [3.63, 3.8) is 0 Å². The Morgan fingerprint density at radius 3 is 2.85 bits per heavy atom. The SMILES string of the molecule is CCOc1ccccc1Nc1cc(C(=O)O)cc(Cl)n1. The smallest absolute Gasteiger partial charge is 0.335 e. The van der Waals surface area contributed by atoms with Gasteiger partial charge in [-0.05, 0) is 31.2 Å². The summed E-state index contributed by atoms with van der Waals surface area (Å²) in [4.78, 5) is 15.0. The van der Waals surface area contributed by atoms with Crippen molar-refractivity contribution in [3.05, 3.63) is 47.1 Å². The lowest BCUT2D eigenvalue weighted by Gasteiger charge is -2.12. The van der Waals surface area contributed by atoms with Crippen LogP contribution in [0.1, 0.15) is 17.3 Å². The quantitative estimate of drug-likeness (QED) is 0.824. The number of ether oxygens (including phenoxy) is 1. The zero-order valence-corrected chi connectivity index (χ0v) is 11.5. The number of aromatic nitrogens is 1. The summed E-state index contributed by atoms with van der Waals surface area (Å²) < 4.78 is 5.48. The molecule has 1 heterocycles. The van der Waals surface area contributed by atoms with Gasteiger partial charge < -0.3 is 15.2 Å². The molecule has 2 aromatic rings. The highest BCUT2D eigenvalue weighted by molar-refractivity contribution is 6.29. The molecule has 20 heavy (non-hydrogen) atoms. The lowest BCUT2D eigenvalue weighted by atomic mass is 10.2. The number of hydrogen-bond donors (Lipinski definition) is 2.